The maximum absolute atomic E-state index is 3.89. The van der Waals surface area contributed by atoms with Gasteiger partial charge in [-0.2, -0.15) is 0 Å². The molecule has 0 amide bonds. The molecule has 0 bridgehead atoms. The summed E-state index contributed by atoms with van der Waals surface area (Å²) in [6.45, 7) is 3.89. The highest BCUT2D eigenvalue weighted by molar-refractivity contribution is 7.08. The van der Waals surface area contributed by atoms with Gasteiger partial charge in [-0.1, -0.05) is 52.9 Å². The van der Waals surface area contributed by atoms with Crippen molar-refractivity contribution in [3.63, 3.8) is 0 Å². The molecular weight excluding hydrogens is 188 g/mol. The predicted octanol–water partition coefficient (Wildman–Crippen LogP) is 2.16. The second kappa shape index (κ2) is 3.64. The highest BCUT2D eigenvalue weighted by Gasteiger charge is 2.39. The number of hydrogen-bond donors (Lipinski definition) is 0. The molecule has 1 aliphatic heterocycles. The molecular formula is C11H14Si2. The molecule has 0 N–H and O–H groups in total. The summed E-state index contributed by atoms with van der Waals surface area (Å²) in [6, 6.07) is 12.4. The van der Waals surface area contributed by atoms with Gasteiger partial charge in [-0.25, -0.2) is 0 Å². The van der Waals surface area contributed by atoms with Crippen molar-refractivity contribution in [3.8, 4) is 0 Å². The van der Waals surface area contributed by atoms with Crippen molar-refractivity contribution in [2.24, 2.45) is 0 Å². The Labute approximate surface area is 83.5 Å². The summed E-state index contributed by atoms with van der Waals surface area (Å²) < 4.78 is 0. The lowest BCUT2D eigenvalue weighted by Gasteiger charge is -2.39. The highest BCUT2D eigenvalue weighted by Crippen LogP contribution is 2.29. The molecule has 1 saturated heterocycles. The first kappa shape index (κ1) is 8.97. The van der Waals surface area contributed by atoms with Gasteiger partial charge in [0.2, 0.25) is 0 Å². The van der Waals surface area contributed by atoms with Gasteiger partial charge in [0.05, 0.1) is 8.07 Å². The van der Waals surface area contributed by atoms with E-state index in [4.69, 9.17) is 0 Å². The summed E-state index contributed by atoms with van der Waals surface area (Å²) in [7, 11) is 0.197. The minimum atomic E-state index is -1.02. The van der Waals surface area contributed by atoms with Crippen LogP contribution in [0.5, 0.6) is 0 Å². The van der Waals surface area contributed by atoms with Crippen molar-refractivity contribution in [1.29, 1.82) is 0 Å². The van der Waals surface area contributed by atoms with Crippen LogP contribution >= 0.6 is 0 Å². The Balaban J connectivity index is 2.26. The largest absolute Gasteiger partial charge is 0.103 e. The molecule has 1 fully saturated rings. The molecule has 1 aliphatic rings. The fraction of sp³-hybridized carbons (Fsp3) is 0.273. The summed E-state index contributed by atoms with van der Waals surface area (Å²) in [4.78, 5) is 0. The van der Waals surface area contributed by atoms with Crippen LogP contribution in [0.2, 0.25) is 17.4 Å². The first-order valence-corrected chi connectivity index (χ1v) is 8.78. The Morgan fingerprint density at radius 3 is 2.46 bits per heavy atom. The van der Waals surface area contributed by atoms with E-state index in [2.05, 4.69) is 43.0 Å². The van der Waals surface area contributed by atoms with Gasteiger partial charge in [0.15, 0.2) is 0 Å². The van der Waals surface area contributed by atoms with E-state index in [0.29, 0.717) is 0 Å². The summed E-state index contributed by atoms with van der Waals surface area (Å²) in [5.41, 5.74) is 3.01. The second-order valence-electron chi connectivity index (χ2n) is 3.74. The first-order valence-electron chi connectivity index (χ1n) is 4.74. The molecule has 0 aromatic heterocycles. The van der Waals surface area contributed by atoms with Crippen molar-refractivity contribution in [3.05, 3.63) is 43.0 Å². The van der Waals surface area contributed by atoms with E-state index in [1.807, 2.05) is 0 Å². The molecule has 0 nitrogen and oxygen atoms in total. The molecule has 1 heterocycles. The molecule has 0 atom stereocenters. The van der Waals surface area contributed by atoms with E-state index in [-0.39, 0.29) is 0 Å². The lowest BCUT2D eigenvalue weighted by Crippen LogP contribution is -2.56. The molecule has 1 aromatic carbocycles. The lowest BCUT2D eigenvalue weighted by molar-refractivity contribution is 1.41. The average molecular weight is 202 g/mol. The molecule has 0 unspecified atom stereocenters. The van der Waals surface area contributed by atoms with Crippen molar-refractivity contribution >= 4 is 22.8 Å². The first-order chi connectivity index (χ1) is 6.37. The average Bonchev–Trinajstić information content (AvgIpc) is 2.13. The smallest absolute Gasteiger partial charge is 0.0844 e. The van der Waals surface area contributed by atoms with Gasteiger partial charge < -0.3 is 0 Å². The normalized spacial score (nSPS) is 19.1. The van der Waals surface area contributed by atoms with E-state index in [1.54, 1.807) is 5.19 Å². The molecule has 2 heteroatoms. The quantitative estimate of drug-likeness (QED) is 0.520. The minimum absolute atomic E-state index is 1.02. The van der Waals surface area contributed by atoms with Crippen LogP contribution in [0.3, 0.4) is 0 Å². The molecule has 2 radical (unpaired) electrons. The fourth-order valence-corrected chi connectivity index (χ4v) is 9.85. The summed E-state index contributed by atoms with van der Waals surface area (Å²) in [6.07, 6.45) is 2.13. The van der Waals surface area contributed by atoms with E-state index < -0.39 is 8.07 Å². The third-order valence-electron chi connectivity index (χ3n) is 2.85. The van der Waals surface area contributed by atoms with Crippen LogP contribution in [0, 0.1) is 0 Å². The van der Waals surface area contributed by atoms with Gasteiger partial charge in [0, 0.05) is 9.52 Å². The summed E-state index contributed by atoms with van der Waals surface area (Å²) in [5, 5.41) is 1.65. The highest BCUT2D eigenvalue weighted by atomic mass is 28.4. The van der Waals surface area contributed by atoms with Gasteiger partial charge in [-0.05, 0) is 6.04 Å². The number of allylic oxidation sites excluding steroid dienone is 1. The number of rotatable bonds is 3. The SMILES string of the molecule is C=CC[Si]1(c2ccccc2)C[Si]C1. The Kier molecular flexibility index (Phi) is 2.51. The molecule has 1 aromatic rings. The van der Waals surface area contributed by atoms with Gasteiger partial charge >= 0.3 is 0 Å². The maximum Gasteiger partial charge on any atom is 0.0844 e. The summed E-state index contributed by atoms with van der Waals surface area (Å²) >= 11 is 0. The number of benzene rings is 1. The van der Waals surface area contributed by atoms with Crippen molar-refractivity contribution in [1.82, 2.24) is 0 Å². The zero-order valence-corrected chi connectivity index (χ0v) is 9.79. The molecule has 0 aliphatic carbocycles. The van der Waals surface area contributed by atoms with Crippen LogP contribution in [0.4, 0.5) is 0 Å². The topological polar surface area (TPSA) is 0 Å². The number of hydrogen-bond acceptors (Lipinski definition) is 0. The van der Waals surface area contributed by atoms with E-state index >= 15 is 0 Å². The Bertz CT molecular complexity index is 288. The lowest BCUT2D eigenvalue weighted by atomic mass is 10.4. The van der Waals surface area contributed by atoms with Gasteiger partial charge in [0.25, 0.3) is 0 Å². The van der Waals surface area contributed by atoms with Gasteiger partial charge in [-0.15, -0.1) is 6.58 Å². The standard InChI is InChI=1S/C11H14Si2/c1-2-8-13(9-12-10-13)11-6-4-3-5-7-11/h2-7H,1,8-10H2. The van der Waals surface area contributed by atoms with E-state index in [1.165, 1.54) is 26.9 Å². The van der Waals surface area contributed by atoms with Crippen molar-refractivity contribution in [2.45, 2.75) is 17.4 Å². The van der Waals surface area contributed by atoms with Crippen LogP contribution in [-0.2, 0) is 0 Å². The van der Waals surface area contributed by atoms with Gasteiger partial charge in [-0.3, -0.25) is 0 Å². The zero-order valence-electron chi connectivity index (χ0n) is 7.79. The predicted molar refractivity (Wildman–Crippen MR) is 62.2 cm³/mol. The van der Waals surface area contributed by atoms with Crippen molar-refractivity contribution in [2.75, 3.05) is 0 Å². The van der Waals surface area contributed by atoms with Gasteiger partial charge in [0.1, 0.15) is 0 Å². The zero-order chi connectivity index (χ0) is 9.15. The van der Waals surface area contributed by atoms with Crippen LogP contribution in [0.15, 0.2) is 43.0 Å². The Morgan fingerprint density at radius 2 is 2.00 bits per heavy atom. The van der Waals surface area contributed by atoms with E-state index in [9.17, 15) is 0 Å². The molecule has 0 spiro atoms. The third-order valence-corrected chi connectivity index (χ3v) is 12.9. The summed E-state index contributed by atoms with van der Waals surface area (Å²) in [5.74, 6) is 0. The second-order valence-corrected chi connectivity index (χ2v) is 10.6. The van der Waals surface area contributed by atoms with Crippen LogP contribution in [0.25, 0.3) is 0 Å². The molecule has 0 saturated carbocycles. The molecule has 13 heavy (non-hydrogen) atoms. The monoisotopic (exact) mass is 202 g/mol. The Morgan fingerprint density at radius 1 is 1.31 bits per heavy atom. The third kappa shape index (κ3) is 1.56. The Hall–Kier alpha value is -0.606. The maximum atomic E-state index is 3.89. The van der Waals surface area contributed by atoms with E-state index in [0.717, 1.165) is 0 Å². The fourth-order valence-electron chi connectivity index (χ4n) is 1.96. The van der Waals surface area contributed by atoms with Crippen molar-refractivity contribution < 1.29 is 0 Å². The minimum Gasteiger partial charge on any atom is -0.103 e. The van der Waals surface area contributed by atoms with Crippen LogP contribution in [-0.4, -0.2) is 17.6 Å². The molecule has 2 rings (SSSR count). The molecule has 66 valence electrons. The van der Waals surface area contributed by atoms with Crippen LogP contribution in [0.1, 0.15) is 0 Å². The van der Waals surface area contributed by atoms with Crippen LogP contribution < -0.4 is 5.19 Å².